The monoisotopic (exact) mass is 346 g/mol. The predicted molar refractivity (Wildman–Crippen MR) is 86.5 cm³/mol. The molecule has 0 amide bonds. The van der Waals surface area contributed by atoms with Crippen LogP contribution in [-0.2, 0) is 23.0 Å². The number of H-pyrrole nitrogens is 1. The molecule has 0 spiro atoms. The quantitative estimate of drug-likeness (QED) is 0.746. The molecule has 24 heavy (non-hydrogen) atoms. The number of ether oxygens (including phenoxy) is 1. The summed E-state index contributed by atoms with van der Waals surface area (Å²) < 4.78 is 37.7. The third-order valence-corrected chi connectivity index (χ3v) is 5.32. The average Bonchev–Trinajstić information content (AvgIpc) is 3.16. The highest BCUT2D eigenvalue weighted by atomic mass is 32.2. The maximum Gasteiger partial charge on any atom is 0.417 e. The van der Waals surface area contributed by atoms with Gasteiger partial charge in [0.1, 0.15) is 5.75 Å². The summed E-state index contributed by atoms with van der Waals surface area (Å²) in [6, 6.07) is 9.88. The van der Waals surface area contributed by atoms with Crippen LogP contribution >= 0.6 is 0 Å². The molecule has 2 heterocycles. The molecule has 2 N–H and O–H groups in total. The van der Waals surface area contributed by atoms with Crippen molar-refractivity contribution >= 4 is 21.1 Å². The largest absolute Gasteiger partial charge is 0.493 e. The van der Waals surface area contributed by atoms with Crippen LogP contribution in [0.1, 0.15) is 11.1 Å². The van der Waals surface area contributed by atoms with Gasteiger partial charge in [0.25, 0.3) is 0 Å². The van der Waals surface area contributed by atoms with Crippen LogP contribution in [0.15, 0.2) is 50.5 Å². The van der Waals surface area contributed by atoms with Gasteiger partial charge >= 0.3 is 5.76 Å². The summed E-state index contributed by atoms with van der Waals surface area (Å²) in [5.74, 6) is 0.238. The van der Waals surface area contributed by atoms with Crippen LogP contribution in [0.5, 0.6) is 5.75 Å². The van der Waals surface area contributed by atoms with E-state index in [9.17, 15) is 13.2 Å². The van der Waals surface area contributed by atoms with Crippen molar-refractivity contribution in [3.05, 3.63) is 58.1 Å². The molecule has 124 valence electrons. The summed E-state index contributed by atoms with van der Waals surface area (Å²) in [5.41, 5.74) is 2.61. The van der Waals surface area contributed by atoms with Crippen molar-refractivity contribution in [2.45, 2.75) is 17.9 Å². The molecular formula is C16H14N2O5S. The second-order valence-corrected chi connectivity index (χ2v) is 7.30. The van der Waals surface area contributed by atoms with Gasteiger partial charge in [-0.25, -0.2) is 17.9 Å². The van der Waals surface area contributed by atoms with E-state index in [1.807, 2.05) is 18.2 Å². The summed E-state index contributed by atoms with van der Waals surface area (Å²) in [7, 11) is -3.71. The van der Waals surface area contributed by atoms with Crippen molar-refractivity contribution in [2.24, 2.45) is 0 Å². The lowest BCUT2D eigenvalue weighted by atomic mass is 10.1. The molecule has 1 aliphatic rings. The first-order valence-corrected chi connectivity index (χ1v) is 8.87. The minimum absolute atomic E-state index is 0.0437. The van der Waals surface area contributed by atoms with Gasteiger partial charge in [0.05, 0.1) is 17.0 Å². The molecule has 0 atom stereocenters. The smallest absolute Gasteiger partial charge is 0.417 e. The van der Waals surface area contributed by atoms with Crippen LogP contribution in [-0.4, -0.2) is 20.0 Å². The molecule has 1 aromatic heterocycles. The lowest BCUT2D eigenvalue weighted by Crippen LogP contribution is -2.23. The molecule has 2 aromatic carbocycles. The number of aromatic nitrogens is 1. The van der Waals surface area contributed by atoms with Crippen molar-refractivity contribution in [1.82, 2.24) is 9.71 Å². The Morgan fingerprint density at radius 2 is 2.04 bits per heavy atom. The van der Waals surface area contributed by atoms with Crippen LogP contribution in [0.25, 0.3) is 11.1 Å². The van der Waals surface area contributed by atoms with Gasteiger partial charge in [-0.2, -0.15) is 0 Å². The third-order valence-electron chi connectivity index (χ3n) is 3.92. The molecule has 0 unspecified atom stereocenters. The zero-order valence-electron chi connectivity index (χ0n) is 12.5. The highest BCUT2D eigenvalue weighted by Gasteiger charge is 2.17. The minimum Gasteiger partial charge on any atom is -0.493 e. The Morgan fingerprint density at radius 3 is 2.92 bits per heavy atom. The number of sulfonamides is 1. The Labute approximate surface area is 137 Å². The van der Waals surface area contributed by atoms with Crippen LogP contribution in [0.3, 0.4) is 0 Å². The van der Waals surface area contributed by atoms with E-state index >= 15 is 0 Å². The Balaban J connectivity index is 1.56. The second kappa shape index (κ2) is 5.50. The number of oxazole rings is 1. The number of rotatable bonds is 4. The molecule has 0 aliphatic carbocycles. The topological polar surface area (TPSA) is 101 Å². The zero-order chi connectivity index (χ0) is 16.7. The third kappa shape index (κ3) is 2.70. The van der Waals surface area contributed by atoms with Crippen molar-refractivity contribution in [1.29, 1.82) is 0 Å². The fraction of sp³-hybridized carbons (Fsp3) is 0.188. The van der Waals surface area contributed by atoms with Crippen LogP contribution < -0.4 is 15.2 Å². The van der Waals surface area contributed by atoms with Gasteiger partial charge in [-0.1, -0.05) is 12.1 Å². The van der Waals surface area contributed by atoms with E-state index in [0.717, 1.165) is 23.3 Å². The Hall–Kier alpha value is -2.58. The van der Waals surface area contributed by atoms with Crippen LogP contribution in [0.4, 0.5) is 0 Å². The Bertz CT molecular complexity index is 1080. The Morgan fingerprint density at radius 1 is 1.17 bits per heavy atom. The molecule has 0 bridgehead atoms. The molecular weight excluding hydrogens is 332 g/mol. The normalized spacial score (nSPS) is 13.8. The number of aromatic amines is 1. The number of hydrogen-bond acceptors (Lipinski definition) is 5. The highest BCUT2D eigenvalue weighted by Crippen LogP contribution is 2.26. The molecule has 4 rings (SSSR count). The summed E-state index contributed by atoms with van der Waals surface area (Å²) in [6.45, 7) is 0.830. The van der Waals surface area contributed by atoms with E-state index < -0.39 is 15.8 Å². The van der Waals surface area contributed by atoms with E-state index in [1.54, 1.807) is 0 Å². The molecule has 8 heteroatoms. The molecule has 0 fully saturated rings. The van der Waals surface area contributed by atoms with E-state index in [4.69, 9.17) is 9.15 Å². The Kier molecular flexibility index (Phi) is 3.43. The molecule has 0 radical (unpaired) electrons. The lowest BCUT2D eigenvalue weighted by molar-refractivity contribution is 0.357. The van der Waals surface area contributed by atoms with Crippen LogP contribution in [0.2, 0.25) is 0 Å². The van der Waals surface area contributed by atoms with E-state index in [-0.39, 0.29) is 17.0 Å². The van der Waals surface area contributed by atoms with Crippen molar-refractivity contribution in [3.8, 4) is 5.75 Å². The van der Waals surface area contributed by atoms with Gasteiger partial charge in [-0.05, 0) is 29.3 Å². The maximum atomic E-state index is 12.4. The molecule has 7 nitrogen and oxygen atoms in total. The van der Waals surface area contributed by atoms with Crippen molar-refractivity contribution in [2.75, 3.05) is 6.61 Å². The fourth-order valence-electron chi connectivity index (χ4n) is 2.70. The van der Waals surface area contributed by atoms with Crippen molar-refractivity contribution < 1.29 is 17.6 Å². The van der Waals surface area contributed by atoms with E-state index in [2.05, 4.69) is 9.71 Å². The van der Waals surface area contributed by atoms with Crippen molar-refractivity contribution in [3.63, 3.8) is 0 Å². The van der Waals surface area contributed by atoms with Gasteiger partial charge in [0.2, 0.25) is 10.0 Å². The first-order valence-electron chi connectivity index (χ1n) is 7.38. The van der Waals surface area contributed by atoms with Gasteiger partial charge in [0, 0.05) is 19.0 Å². The number of nitrogens with one attached hydrogen (secondary N) is 2. The molecule has 1 aliphatic heterocycles. The summed E-state index contributed by atoms with van der Waals surface area (Å²) in [4.78, 5) is 13.7. The van der Waals surface area contributed by atoms with E-state index in [1.165, 1.54) is 18.2 Å². The summed E-state index contributed by atoms with van der Waals surface area (Å²) in [5, 5.41) is 0. The fourth-order valence-corrected chi connectivity index (χ4v) is 3.74. The summed E-state index contributed by atoms with van der Waals surface area (Å²) in [6.07, 6.45) is 0.832. The zero-order valence-corrected chi connectivity index (χ0v) is 13.4. The standard InChI is InChI=1S/C16H14N2O5S/c19-16-18-13-3-2-12(8-15(13)23-16)24(20,21)17-9-10-1-4-14-11(7-10)5-6-22-14/h1-4,7-8,17H,5-6,9H2,(H,18,19). The summed E-state index contributed by atoms with van der Waals surface area (Å²) >= 11 is 0. The molecule has 0 saturated heterocycles. The minimum atomic E-state index is -3.71. The van der Waals surface area contributed by atoms with Gasteiger partial charge in [-0.3, -0.25) is 4.98 Å². The lowest BCUT2D eigenvalue weighted by Gasteiger charge is -2.08. The number of fused-ring (bicyclic) bond motifs is 2. The molecule has 3 aromatic rings. The first-order chi connectivity index (χ1) is 11.5. The second-order valence-electron chi connectivity index (χ2n) is 5.54. The first kappa shape index (κ1) is 15.0. The molecule has 0 saturated carbocycles. The SMILES string of the molecule is O=c1[nH]c2ccc(S(=O)(=O)NCc3ccc4c(c3)CCO4)cc2o1. The van der Waals surface area contributed by atoms with Gasteiger partial charge < -0.3 is 9.15 Å². The highest BCUT2D eigenvalue weighted by molar-refractivity contribution is 7.89. The van der Waals surface area contributed by atoms with Gasteiger partial charge in [-0.15, -0.1) is 0 Å². The number of hydrogen-bond donors (Lipinski definition) is 2. The maximum absolute atomic E-state index is 12.4. The average molecular weight is 346 g/mol. The van der Waals surface area contributed by atoms with Gasteiger partial charge in [0.15, 0.2) is 5.58 Å². The van der Waals surface area contributed by atoms with Crippen LogP contribution in [0, 0.1) is 0 Å². The predicted octanol–water partition coefficient (Wildman–Crippen LogP) is 1.53. The van der Waals surface area contributed by atoms with E-state index in [0.29, 0.717) is 12.1 Å². The number of benzene rings is 2.